The van der Waals surface area contributed by atoms with E-state index in [0.717, 1.165) is 6.42 Å². The molecule has 1 saturated heterocycles. The third-order valence-corrected chi connectivity index (χ3v) is 5.11. The number of hydrogen-bond acceptors (Lipinski definition) is 5. The number of sulfonamides is 1. The van der Waals surface area contributed by atoms with Crippen LogP contribution in [-0.4, -0.2) is 47.5 Å². The van der Waals surface area contributed by atoms with Crippen LogP contribution in [0.15, 0.2) is 11.1 Å². The number of nitrogens with one attached hydrogen (secondary N) is 1. The lowest BCUT2D eigenvalue weighted by Crippen LogP contribution is -2.49. The maximum absolute atomic E-state index is 12.5. The fourth-order valence-corrected chi connectivity index (χ4v) is 4.00. The maximum atomic E-state index is 12.5. The predicted molar refractivity (Wildman–Crippen MR) is 73.2 cm³/mol. The summed E-state index contributed by atoms with van der Waals surface area (Å²) in [6.07, 6.45) is 2.87. The second-order valence-electron chi connectivity index (χ2n) is 4.95. The molecule has 0 saturated carbocycles. The summed E-state index contributed by atoms with van der Waals surface area (Å²) in [4.78, 5) is 11.1. The van der Waals surface area contributed by atoms with Gasteiger partial charge < -0.3 is 11.1 Å². The number of aryl methyl sites for hydroxylation is 1. The number of carbonyl (C=O) groups excluding carboxylic acids is 1. The van der Waals surface area contributed by atoms with E-state index in [1.807, 2.05) is 0 Å². The molecule has 1 amide bonds. The first kappa shape index (κ1) is 14.8. The zero-order valence-electron chi connectivity index (χ0n) is 11.5. The van der Waals surface area contributed by atoms with Crippen LogP contribution in [0, 0.1) is 0 Å². The van der Waals surface area contributed by atoms with E-state index in [2.05, 4.69) is 10.4 Å². The van der Waals surface area contributed by atoms with E-state index < -0.39 is 10.0 Å². The number of aromatic nitrogens is 2. The number of piperidine rings is 1. The van der Waals surface area contributed by atoms with Gasteiger partial charge in [-0.1, -0.05) is 0 Å². The highest BCUT2D eigenvalue weighted by atomic mass is 32.2. The van der Waals surface area contributed by atoms with Gasteiger partial charge in [0, 0.05) is 39.3 Å². The van der Waals surface area contributed by atoms with E-state index in [-0.39, 0.29) is 29.2 Å². The number of anilines is 1. The molecule has 8 nitrogen and oxygen atoms in total. The standard InChI is InChI=1S/C11H19N5O3S/c1-8(17)13-9-4-3-5-16(6-9)20(18,19)10-7-15(2)14-11(10)12/h7,9H,3-6H2,1-2H3,(H2,12,14)(H,13,17). The summed E-state index contributed by atoms with van der Waals surface area (Å²) in [6, 6.07) is -0.158. The molecule has 0 radical (unpaired) electrons. The molecule has 2 heterocycles. The molecule has 0 aromatic carbocycles. The van der Waals surface area contributed by atoms with Crippen LogP contribution in [0.4, 0.5) is 5.82 Å². The summed E-state index contributed by atoms with van der Waals surface area (Å²) in [6.45, 7) is 2.11. The van der Waals surface area contributed by atoms with Crippen LogP contribution in [0.1, 0.15) is 19.8 Å². The Morgan fingerprint density at radius 2 is 2.25 bits per heavy atom. The molecule has 9 heteroatoms. The smallest absolute Gasteiger partial charge is 0.248 e. The van der Waals surface area contributed by atoms with Crippen molar-refractivity contribution < 1.29 is 13.2 Å². The minimum atomic E-state index is -3.67. The van der Waals surface area contributed by atoms with Gasteiger partial charge in [-0.25, -0.2) is 8.42 Å². The van der Waals surface area contributed by atoms with Crippen molar-refractivity contribution >= 4 is 21.7 Å². The van der Waals surface area contributed by atoms with Crippen molar-refractivity contribution in [2.24, 2.45) is 7.05 Å². The Labute approximate surface area is 118 Å². The minimum absolute atomic E-state index is 0.00542. The average Bonchev–Trinajstić information content (AvgIpc) is 2.68. The second-order valence-corrected chi connectivity index (χ2v) is 6.86. The van der Waals surface area contributed by atoms with E-state index in [1.165, 1.54) is 22.1 Å². The Hall–Kier alpha value is -1.61. The van der Waals surface area contributed by atoms with Gasteiger partial charge in [0.05, 0.1) is 0 Å². The Morgan fingerprint density at radius 1 is 1.55 bits per heavy atom. The number of nitrogen functional groups attached to an aromatic ring is 1. The average molecular weight is 301 g/mol. The van der Waals surface area contributed by atoms with Crippen molar-refractivity contribution in [3.8, 4) is 0 Å². The molecular formula is C11H19N5O3S. The lowest BCUT2D eigenvalue weighted by molar-refractivity contribution is -0.119. The highest BCUT2D eigenvalue weighted by molar-refractivity contribution is 7.89. The third kappa shape index (κ3) is 2.93. The van der Waals surface area contributed by atoms with E-state index in [1.54, 1.807) is 7.05 Å². The number of nitrogens with zero attached hydrogens (tertiary/aromatic N) is 3. The lowest BCUT2D eigenvalue weighted by Gasteiger charge is -2.31. The first-order valence-corrected chi connectivity index (χ1v) is 7.81. The van der Waals surface area contributed by atoms with Gasteiger partial charge in [0.1, 0.15) is 4.90 Å². The maximum Gasteiger partial charge on any atom is 0.248 e. The molecule has 1 aliphatic rings. The van der Waals surface area contributed by atoms with E-state index >= 15 is 0 Å². The summed E-state index contributed by atoms with van der Waals surface area (Å²) in [5, 5.41) is 6.62. The van der Waals surface area contributed by atoms with Gasteiger partial charge in [0.15, 0.2) is 5.82 Å². The van der Waals surface area contributed by atoms with Crippen molar-refractivity contribution in [1.82, 2.24) is 19.4 Å². The van der Waals surface area contributed by atoms with E-state index in [4.69, 9.17) is 5.73 Å². The molecule has 1 aromatic rings. The summed E-state index contributed by atoms with van der Waals surface area (Å²) >= 11 is 0. The zero-order chi connectivity index (χ0) is 14.9. The highest BCUT2D eigenvalue weighted by Gasteiger charge is 2.33. The van der Waals surface area contributed by atoms with Crippen LogP contribution in [0.25, 0.3) is 0 Å². The molecule has 3 N–H and O–H groups in total. The molecule has 0 bridgehead atoms. The molecule has 0 aliphatic carbocycles. The van der Waals surface area contributed by atoms with Crippen molar-refractivity contribution in [2.45, 2.75) is 30.7 Å². The van der Waals surface area contributed by atoms with Gasteiger partial charge in [-0.3, -0.25) is 9.48 Å². The lowest BCUT2D eigenvalue weighted by atomic mass is 10.1. The minimum Gasteiger partial charge on any atom is -0.381 e. The van der Waals surface area contributed by atoms with Crippen LogP contribution in [0.5, 0.6) is 0 Å². The third-order valence-electron chi connectivity index (χ3n) is 3.23. The van der Waals surface area contributed by atoms with Gasteiger partial charge >= 0.3 is 0 Å². The molecule has 20 heavy (non-hydrogen) atoms. The van der Waals surface area contributed by atoms with Gasteiger partial charge in [0.2, 0.25) is 15.9 Å². The quantitative estimate of drug-likeness (QED) is 0.766. The Bertz CT molecular complexity index is 610. The predicted octanol–water partition coefficient (Wildman–Crippen LogP) is -0.708. The van der Waals surface area contributed by atoms with Crippen LogP contribution >= 0.6 is 0 Å². The monoisotopic (exact) mass is 301 g/mol. The SMILES string of the molecule is CC(=O)NC1CCCN(S(=O)(=O)c2cn(C)nc2N)C1. The summed E-state index contributed by atoms with van der Waals surface area (Å²) in [5.41, 5.74) is 5.64. The number of nitrogens with two attached hydrogens (primary N) is 1. The molecular weight excluding hydrogens is 282 g/mol. The van der Waals surface area contributed by atoms with Gasteiger partial charge in [-0.05, 0) is 12.8 Å². The van der Waals surface area contributed by atoms with Crippen LogP contribution in [0.2, 0.25) is 0 Å². The molecule has 1 unspecified atom stereocenters. The normalized spacial score (nSPS) is 20.8. The van der Waals surface area contributed by atoms with Crippen LogP contribution < -0.4 is 11.1 Å². The topological polar surface area (TPSA) is 110 Å². The number of amides is 1. The zero-order valence-corrected chi connectivity index (χ0v) is 12.4. The van der Waals surface area contributed by atoms with Gasteiger partial charge in [-0.2, -0.15) is 9.40 Å². The first-order chi connectivity index (χ1) is 9.30. The molecule has 1 aliphatic heterocycles. The van der Waals surface area contributed by atoms with Crippen LogP contribution in [0.3, 0.4) is 0 Å². The van der Waals surface area contributed by atoms with Crippen molar-refractivity contribution in [2.75, 3.05) is 18.8 Å². The van der Waals surface area contributed by atoms with Crippen molar-refractivity contribution in [3.63, 3.8) is 0 Å². The largest absolute Gasteiger partial charge is 0.381 e. The molecule has 0 spiro atoms. The molecule has 1 atom stereocenters. The molecule has 112 valence electrons. The molecule has 2 rings (SSSR count). The Kier molecular flexibility index (Phi) is 4.00. The summed E-state index contributed by atoms with van der Waals surface area (Å²) in [7, 11) is -2.05. The number of hydrogen-bond donors (Lipinski definition) is 2. The highest BCUT2D eigenvalue weighted by Crippen LogP contribution is 2.24. The van der Waals surface area contributed by atoms with Crippen molar-refractivity contribution in [1.29, 1.82) is 0 Å². The number of carbonyl (C=O) groups is 1. The second kappa shape index (κ2) is 5.41. The molecule has 1 aromatic heterocycles. The first-order valence-electron chi connectivity index (χ1n) is 6.37. The van der Waals surface area contributed by atoms with Crippen LogP contribution in [-0.2, 0) is 21.9 Å². The van der Waals surface area contributed by atoms with Crippen molar-refractivity contribution in [3.05, 3.63) is 6.20 Å². The van der Waals surface area contributed by atoms with E-state index in [0.29, 0.717) is 13.0 Å². The summed E-state index contributed by atoms with van der Waals surface area (Å²) < 4.78 is 27.8. The summed E-state index contributed by atoms with van der Waals surface area (Å²) in [5.74, 6) is -0.163. The fourth-order valence-electron chi connectivity index (χ4n) is 2.39. The fraction of sp³-hybridized carbons (Fsp3) is 0.636. The Balaban J connectivity index is 2.21. The van der Waals surface area contributed by atoms with E-state index in [9.17, 15) is 13.2 Å². The Morgan fingerprint density at radius 3 is 2.80 bits per heavy atom. The number of rotatable bonds is 3. The van der Waals surface area contributed by atoms with Gasteiger partial charge in [0.25, 0.3) is 0 Å². The van der Waals surface area contributed by atoms with Gasteiger partial charge in [-0.15, -0.1) is 0 Å². The molecule has 1 fully saturated rings.